The number of nitrogens with zero attached hydrogens (tertiary/aromatic N) is 1. The molecule has 3 atom stereocenters. The number of unbranched alkanes of at least 4 members (excludes halogenated alkanes) is 35. The first-order valence-electron chi connectivity index (χ1n) is 26.1. The summed E-state index contributed by atoms with van der Waals surface area (Å²) in [5.41, 5.74) is 0. The fourth-order valence-corrected chi connectivity index (χ4v) is 8.58. The van der Waals surface area contributed by atoms with Crippen molar-refractivity contribution in [3.63, 3.8) is 0 Å². The summed E-state index contributed by atoms with van der Waals surface area (Å²) >= 11 is 0. The van der Waals surface area contributed by atoms with Gasteiger partial charge in [0.2, 0.25) is 5.91 Å². The zero-order valence-corrected chi connectivity index (χ0v) is 41.6. The van der Waals surface area contributed by atoms with E-state index in [-0.39, 0.29) is 19.1 Å². The molecule has 358 valence electrons. The van der Waals surface area contributed by atoms with E-state index in [1.54, 1.807) is 6.08 Å². The van der Waals surface area contributed by atoms with Crippen LogP contribution in [0.25, 0.3) is 0 Å². The Bertz CT molecular complexity index is 989. The highest BCUT2D eigenvalue weighted by atomic mass is 31.2. The third-order valence-electron chi connectivity index (χ3n) is 12.0. The van der Waals surface area contributed by atoms with E-state index < -0.39 is 20.0 Å². The van der Waals surface area contributed by atoms with Crippen molar-refractivity contribution in [2.24, 2.45) is 0 Å². The lowest BCUT2D eigenvalue weighted by Crippen LogP contribution is -2.45. The van der Waals surface area contributed by atoms with Crippen molar-refractivity contribution >= 4 is 13.7 Å². The molecule has 0 aromatic carbocycles. The maximum atomic E-state index is 12.9. The second kappa shape index (κ2) is 43.5. The van der Waals surface area contributed by atoms with Gasteiger partial charge in [0.15, 0.2) is 0 Å². The lowest BCUT2D eigenvalue weighted by atomic mass is 10.0. The van der Waals surface area contributed by atoms with Crippen molar-refractivity contribution in [1.82, 2.24) is 5.32 Å². The Hall–Kier alpha value is -0.760. The smallest absolute Gasteiger partial charge is 0.268 e. The molecule has 0 heterocycles. The highest BCUT2D eigenvalue weighted by Gasteiger charge is 2.23. The predicted molar refractivity (Wildman–Crippen MR) is 256 cm³/mol. The first-order valence-corrected chi connectivity index (χ1v) is 27.5. The van der Waals surface area contributed by atoms with E-state index in [0.29, 0.717) is 17.4 Å². The number of amides is 1. The van der Waals surface area contributed by atoms with Crippen LogP contribution >= 0.6 is 7.82 Å². The summed E-state index contributed by atoms with van der Waals surface area (Å²) in [6, 6.07) is -0.880. The number of rotatable bonds is 48. The van der Waals surface area contributed by atoms with Gasteiger partial charge in [0.1, 0.15) is 13.2 Å². The summed E-state index contributed by atoms with van der Waals surface area (Å²) in [4.78, 5) is 25.4. The van der Waals surface area contributed by atoms with Gasteiger partial charge in [-0.25, -0.2) is 0 Å². The van der Waals surface area contributed by atoms with Crippen molar-refractivity contribution in [2.45, 2.75) is 270 Å². The molecule has 0 aromatic rings. The maximum absolute atomic E-state index is 12.9. The number of hydrogen-bond donors (Lipinski definition) is 2. The molecule has 0 spiro atoms. The summed E-state index contributed by atoms with van der Waals surface area (Å²) < 4.78 is 23.3. The van der Waals surface area contributed by atoms with E-state index in [9.17, 15) is 19.4 Å². The molecule has 2 N–H and O–H groups in total. The van der Waals surface area contributed by atoms with E-state index >= 15 is 0 Å². The molecule has 0 aliphatic rings. The van der Waals surface area contributed by atoms with Crippen LogP contribution < -0.4 is 10.2 Å². The van der Waals surface area contributed by atoms with Crippen LogP contribution in [0.4, 0.5) is 0 Å². The summed E-state index contributed by atoms with van der Waals surface area (Å²) in [5, 5.41) is 13.8. The molecule has 3 unspecified atom stereocenters. The average molecular weight is 871 g/mol. The Morgan fingerprint density at radius 3 is 1.25 bits per heavy atom. The van der Waals surface area contributed by atoms with Crippen LogP contribution in [0.15, 0.2) is 12.2 Å². The second-order valence-electron chi connectivity index (χ2n) is 19.2. The van der Waals surface area contributed by atoms with Gasteiger partial charge in [0, 0.05) is 6.42 Å². The van der Waals surface area contributed by atoms with Crippen LogP contribution in [-0.2, 0) is 18.4 Å². The largest absolute Gasteiger partial charge is 0.756 e. The molecule has 8 nitrogen and oxygen atoms in total. The highest BCUT2D eigenvalue weighted by Crippen LogP contribution is 2.38. The van der Waals surface area contributed by atoms with Crippen molar-refractivity contribution in [3.05, 3.63) is 12.2 Å². The number of quaternary nitrogens is 1. The van der Waals surface area contributed by atoms with Crippen LogP contribution in [0.1, 0.15) is 258 Å². The van der Waals surface area contributed by atoms with E-state index in [4.69, 9.17) is 9.05 Å². The van der Waals surface area contributed by atoms with Gasteiger partial charge in [0.05, 0.1) is 39.9 Å². The summed E-state index contributed by atoms with van der Waals surface area (Å²) in [7, 11) is 1.27. The number of carbonyl (C=O) groups is 1. The van der Waals surface area contributed by atoms with Crippen LogP contribution in [0.3, 0.4) is 0 Å². The molecule has 0 aliphatic carbocycles. The van der Waals surface area contributed by atoms with Gasteiger partial charge in [-0.3, -0.25) is 9.36 Å². The molecule has 0 rings (SSSR count). The molecular formula is C51H103N2O6P. The lowest BCUT2D eigenvalue weighted by molar-refractivity contribution is -0.870. The Morgan fingerprint density at radius 2 is 0.900 bits per heavy atom. The van der Waals surface area contributed by atoms with Gasteiger partial charge < -0.3 is 28.8 Å². The summed E-state index contributed by atoms with van der Waals surface area (Å²) in [5.74, 6) is -0.194. The third kappa shape index (κ3) is 45.3. The number of nitrogens with one attached hydrogen (secondary N) is 1. The SMILES string of the molecule is CCCCCCCCCCCCCCCCCCCCCCCCC/C=C/C(O)C(COP(=O)([O-])OCC[N+](C)(C)C)NC(=O)CCCCCCCCCCCCCCC. The Kier molecular flexibility index (Phi) is 42.9. The molecule has 9 heteroatoms. The number of phosphoric ester groups is 1. The molecule has 0 aliphatic heterocycles. The normalized spacial score (nSPS) is 14.2. The predicted octanol–water partition coefficient (Wildman–Crippen LogP) is 14.5. The van der Waals surface area contributed by atoms with Gasteiger partial charge in [-0.2, -0.15) is 0 Å². The van der Waals surface area contributed by atoms with Crippen LogP contribution in [0.5, 0.6) is 0 Å². The molecule has 60 heavy (non-hydrogen) atoms. The minimum absolute atomic E-state index is 0.00235. The monoisotopic (exact) mass is 871 g/mol. The van der Waals surface area contributed by atoms with Crippen molar-refractivity contribution in [3.8, 4) is 0 Å². The van der Waals surface area contributed by atoms with Crippen molar-refractivity contribution < 1.29 is 32.9 Å². The van der Waals surface area contributed by atoms with Crippen molar-refractivity contribution in [2.75, 3.05) is 40.9 Å². The van der Waals surface area contributed by atoms with Crippen LogP contribution in [0, 0.1) is 0 Å². The number of hydrogen-bond acceptors (Lipinski definition) is 6. The minimum Gasteiger partial charge on any atom is -0.756 e. The number of likely N-dealkylation sites (N-methyl/N-ethyl adjacent to an activating group) is 1. The van der Waals surface area contributed by atoms with E-state index in [0.717, 1.165) is 38.5 Å². The van der Waals surface area contributed by atoms with E-state index in [1.807, 2.05) is 27.2 Å². The van der Waals surface area contributed by atoms with E-state index in [2.05, 4.69) is 19.2 Å². The number of aliphatic hydroxyl groups is 1. The van der Waals surface area contributed by atoms with Crippen LogP contribution in [0.2, 0.25) is 0 Å². The summed E-state index contributed by atoms with van der Waals surface area (Å²) in [6.07, 6.45) is 51.3. The molecule has 0 aromatic heterocycles. The minimum atomic E-state index is -4.59. The zero-order valence-electron chi connectivity index (χ0n) is 40.7. The zero-order chi connectivity index (χ0) is 44.3. The van der Waals surface area contributed by atoms with Crippen molar-refractivity contribution in [1.29, 1.82) is 0 Å². The Labute approximate surface area is 373 Å². The Balaban J connectivity index is 4.19. The number of aliphatic hydroxyl groups excluding tert-OH is 1. The quantitative estimate of drug-likeness (QED) is 0.0273. The molecule has 0 radical (unpaired) electrons. The molecule has 0 saturated carbocycles. The van der Waals surface area contributed by atoms with Gasteiger partial charge in [-0.1, -0.05) is 244 Å². The Morgan fingerprint density at radius 1 is 0.567 bits per heavy atom. The van der Waals surface area contributed by atoms with Crippen LogP contribution in [-0.4, -0.2) is 68.5 Å². The standard InChI is InChI=1S/C51H103N2O6P/c1-6-8-10-12-14-16-18-20-21-22-23-24-25-26-27-28-29-30-31-33-34-36-38-40-42-44-50(54)49(48-59-60(56,57)58-47-46-53(3,4)5)52-51(55)45-43-41-39-37-35-32-19-17-15-13-11-9-7-2/h42,44,49-50,54H,6-41,43,45-48H2,1-5H3,(H-,52,55,56,57)/b44-42+. The van der Waals surface area contributed by atoms with Gasteiger partial charge >= 0.3 is 0 Å². The molecule has 0 saturated heterocycles. The highest BCUT2D eigenvalue weighted by molar-refractivity contribution is 7.45. The van der Waals surface area contributed by atoms with Gasteiger partial charge in [-0.05, 0) is 19.3 Å². The fourth-order valence-electron chi connectivity index (χ4n) is 7.86. The lowest BCUT2D eigenvalue weighted by Gasteiger charge is -2.29. The topological polar surface area (TPSA) is 108 Å². The second-order valence-corrected chi connectivity index (χ2v) is 20.7. The molecular weight excluding hydrogens is 768 g/mol. The summed E-state index contributed by atoms with van der Waals surface area (Å²) in [6.45, 7) is 4.68. The molecule has 0 fully saturated rings. The van der Waals surface area contributed by atoms with Gasteiger partial charge in [0.25, 0.3) is 7.82 Å². The fraction of sp³-hybridized carbons (Fsp3) is 0.941. The molecule has 0 bridgehead atoms. The molecule has 1 amide bonds. The number of allylic oxidation sites excluding steroid dienone is 1. The number of carbonyl (C=O) groups excluding carboxylic acids is 1. The maximum Gasteiger partial charge on any atom is 0.268 e. The average Bonchev–Trinajstić information content (AvgIpc) is 3.20. The number of phosphoric acid groups is 1. The first-order chi connectivity index (χ1) is 29.0. The van der Waals surface area contributed by atoms with E-state index in [1.165, 1.54) is 199 Å². The van der Waals surface area contributed by atoms with Gasteiger partial charge in [-0.15, -0.1) is 0 Å². The third-order valence-corrected chi connectivity index (χ3v) is 13.0. The first kappa shape index (κ1) is 59.2.